The minimum absolute atomic E-state index is 0.365. The molecule has 0 amide bonds. The smallest absolute Gasteiger partial charge is 0.222 e. The average Bonchev–Trinajstić information content (AvgIpc) is 2.90. The van der Waals surface area contributed by atoms with Crippen molar-refractivity contribution >= 4 is 5.90 Å². The summed E-state index contributed by atoms with van der Waals surface area (Å²) in [4.78, 5) is 4.53. The third-order valence-electron chi connectivity index (χ3n) is 4.06. The van der Waals surface area contributed by atoms with E-state index in [1.807, 2.05) is 30.3 Å². The van der Waals surface area contributed by atoms with E-state index >= 15 is 0 Å². The van der Waals surface area contributed by atoms with Crippen molar-refractivity contribution in [3.8, 4) is 0 Å². The Morgan fingerprint density at radius 2 is 2.04 bits per heavy atom. The fourth-order valence-electron chi connectivity index (χ4n) is 2.74. The summed E-state index contributed by atoms with van der Waals surface area (Å²) >= 11 is 0. The lowest BCUT2D eigenvalue weighted by Crippen LogP contribution is -2.26. The van der Waals surface area contributed by atoms with Crippen LogP contribution in [0.15, 0.2) is 59.3 Å². The predicted molar refractivity (Wildman–Crippen MR) is 95.4 cm³/mol. The van der Waals surface area contributed by atoms with E-state index in [-0.39, 0.29) is 6.04 Å². The summed E-state index contributed by atoms with van der Waals surface area (Å²) in [7, 11) is 0. The van der Waals surface area contributed by atoms with Gasteiger partial charge in [0.15, 0.2) is 0 Å². The molecule has 3 nitrogen and oxygen atoms in total. The maximum atomic E-state index is 10.5. The molecule has 0 bridgehead atoms. The number of hydrogen-bond acceptors (Lipinski definition) is 3. The van der Waals surface area contributed by atoms with Gasteiger partial charge in [-0.2, -0.15) is 0 Å². The maximum absolute atomic E-state index is 10.5. The Kier molecular flexibility index (Phi) is 6.17. The Bertz CT molecular complexity index is 585. The maximum Gasteiger partial charge on any atom is 0.222 e. The monoisotopic (exact) mass is 313 g/mol. The van der Waals surface area contributed by atoms with Gasteiger partial charge in [-0.25, -0.2) is 4.99 Å². The minimum atomic E-state index is -0.551. The van der Waals surface area contributed by atoms with Gasteiger partial charge >= 0.3 is 0 Å². The van der Waals surface area contributed by atoms with E-state index < -0.39 is 6.10 Å². The molecule has 3 heteroatoms. The highest BCUT2D eigenvalue weighted by Crippen LogP contribution is 2.26. The molecule has 1 N–H and O–H groups in total. The topological polar surface area (TPSA) is 41.8 Å². The summed E-state index contributed by atoms with van der Waals surface area (Å²) in [6.07, 6.45) is 4.51. The van der Waals surface area contributed by atoms with E-state index in [4.69, 9.17) is 4.74 Å². The third-order valence-corrected chi connectivity index (χ3v) is 4.06. The van der Waals surface area contributed by atoms with Crippen molar-refractivity contribution in [3.63, 3.8) is 0 Å². The van der Waals surface area contributed by atoms with Crippen molar-refractivity contribution < 1.29 is 9.84 Å². The first-order valence-corrected chi connectivity index (χ1v) is 8.28. The highest BCUT2D eigenvalue weighted by molar-refractivity contribution is 5.96. The number of nitrogens with zero attached hydrogens (tertiary/aromatic N) is 1. The number of rotatable bonds is 7. The summed E-state index contributed by atoms with van der Waals surface area (Å²) < 4.78 is 5.66. The van der Waals surface area contributed by atoms with Crippen molar-refractivity contribution in [3.05, 3.63) is 59.9 Å². The van der Waals surface area contributed by atoms with Gasteiger partial charge in [0, 0.05) is 5.56 Å². The number of hydrogen-bond donors (Lipinski definition) is 1. The molecular formula is C20H27NO2. The van der Waals surface area contributed by atoms with Crippen molar-refractivity contribution in [2.75, 3.05) is 0 Å². The van der Waals surface area contributed by atoms with Crippen LogP contribution >= 0.6 is 0 Å². The van der Waals surface area contributed by atoms with Crippen LogP contribution < -0.4 is 0 Å². The molecule has 1 aliphatic rings. The first kappa shape index (κ1) is 17.5. The fourth-order valence-corrected chi connectivity index (χ4v) is 2.74. The van der Waals surface area contributed by atoms with Crippen LogP contribution in [0.1, 0.15) is 45.6 Å². The molecule has 1 aromatic rings. The van der Waals surface area contributed by atoms with Gasteiger partial charge in [-0.15, -0.1) is 0 Å². The van der Waals surface area contributed by atoms with E-state index in [0.717, 1.165) is 18.4 Å². The number of aliphatic hydroxyl groups excluding tert-OH is 1. The zero-order valence-electron chi connectivity index (χ0n) is 14.3. The molecule has 124 valence electrons. The van der Waals surface area contributed by atoms with Crippen molar-refractivity contribution in [1.82, 2.24) is 0 Å². The summed E-state index contributed by atoms with van der Waals surface area (Å²) in [6, 6.07) is 9.37. The molecule has 3 atom stereocenters. The number of aliphatic hydroxyl groups is 1. The molecule has 2 rings (SSSR count). The van der Waals surface area contributed by atoms with Crippen LogP contribution in [0.2, 0.25) is 0 Å². The zero-order chi connectivity index (χ0) is 16.8. The zero-order valence-corrected chi connectivity index (χ0v) is 14.3. The second-order valence-electron chi connectivity index (χ2n) is 6.58. The second kappa shape index (κ2) is 8.11. The van der Waals surface area contributed by atoms with E-state index in [9.17, 15) is 5.11 Å². The van der Waals surface area contributed by atoms with Crippen LogP contribution in [0.5, 0.6) is 0 Å². The Morgan fingerprint density at radius 1 is 1.35 bits per heavy atom. The number of allylic oxidation sites excluding steroid dienone is 2. The molecule has 0 fully saturated rings. The minimum Gasteiger partial charge on any atom is -0.441 e. The Labute approximate surface area is 139 Å². The van der Waals surface area contributed by atoms with Crippen LogP contribution in [-0.4, -0.2) is 23.2 Å². The molecule has 1 aromatic carbocycles. The van der Waals surface area contributed by atoms with E-state index in [2.05, 4.69) is 38.4 Å². The van der Waals surface area contributed by atoms with Crippen LogP contribution in [0.3, 0.4) is 0 Å². The molecule has 0 aliphatic carbocycles. The van der Waals surface area contributed by atoms with Crippen molar-refractivity contribution in [1.29, 1.82) is 0 Å². The van der Waals surface area contributed by atoms with Gasteiger partial charge in [-0.05, 0) is 51.2 Å². The summed E-state index contributed by atoms with van der Waals surface area (Å²) in [5.41, 5.74) is 2.26. The average molecular weight is 313 g/mol. The highest BCUT2D eigenvalue weighted by Gasteiger charge is 2.31. The SMILES string of the molecule is C=C1OC(c2ccccc2)=N[C@@H]1[C@H](O)CC(C)CCC=C(C)C. The predicted octanol–water partition coefficient (Wildman–Crippen LogP) is 4.48. The van der Waals surface area contributed by atoms with Gasteiger partial charge in [-0.3, -0.25) is 0 Å². The van der Waals surface area contributed by atoms with Gasteiger partial charge in [0.2, 0.25) is 5.90 Å². The normalized spacial score (nSPS) is 19.7. The van der Waals surface area contributed by atoms with Crippen LogP contribution in [0, 0.1) is 5.92 Å². The van der Waals surface area contributed by atoms with Crippen LogP contribution in [0.25, 0.3) is 0 Å². The van der Waals surface area contributed by atoms with Crippen molar-refractivity contribution in [2.45, 2.75) is 52.2 Å². The Morgan fingerprint density at radius 3 is 2.70 bits per heavy atom. The van der Waals surface area contributed by atoms with Crippen molar-refractivity contribution in [2.24, 2.45) is 10.9 Å². The van der Waals surface area contributed by atoms with Crippen LogP contribution in [0.4, 0.5) is 0 Å². The molecule has 1 unspecified atom stereocenters. The summed E-state index contributed by atoms with van der Waals surface area (Å²) in [6.45, 7) is 10.3. The van der Waals surface area contributed by atoms with E-state index in [0.29, 0.717) is 24.0 Å². The standard InChI is InChI=1S/C20H27NO2/c1-14(2)9-8-10-15(3)13-18(22)19-16(4)23-20(21-19)17-11-6-5-7-12-17/h5-7,9,11-12,15,18-19,22H,4,8,10,13H2,1-3H3/t15?,18-,19+/m1/s1. The number of aliphatic imine (C=N–C) groups is 1. The molecule has 23 heavy (non-hydrogen) atoms. The van der Waals surface area contributed by atoms with Gasteiger partial charge in [0.25, 0.3) is 0 Å². The highest BCUT2D eigenvalue weighted by atomic mass is 16.5. The van der Waals surface area contributed by atoms with E-state index in [1.54, 1.807) is 0 Å². The molecule has 0 aromatic heterocycles. The lowest BCUT2D eigenvalue weighted by Gasteiger charge is -2.19. The van der Waals surface area contributed by atoms with Gasteiger partial charge in [0.1, 0.15) is 11.8 Å². The summed E-state index contributed by atoms with van der Waals surface area (Å²) in [5.74, 6) is 1.52. The third kappa shape index (κ3) is 5.07. The van der Waals surface area contributed by atoms with Gasteiger partial charge < -0.3 is 9.84 Å². The first-order valence-electron chi connectivity index (χ1n) is 8.28. The molecule has 0 spiro atoms. The quantitative estimate of drug-likeness (QED) is 0.754. The second-order valence-corrected chi connectivity index (χ2v) is 6.58. The molecule has 1 aliphatic heterocycles. The van der Waals surface area contributed by atoms with Gasteiger partial charge in [-0.1, -0.05) is 43.4 Å². The lowest BCUT2D eigenvalue weighted by molar-refractivity contribution is 0.121. The lowest BCUT2D eigenvalue weighted by atomic mass is 9.94. The number of ether oxygens (including phenoxy) is 1. The molecule has 0 saturated heterocycles. The molecular weight excluding hydrogens is 286 g/mol. The van der Waals surface area contributed by atoms with Gasteiger partial charge in [0.05, 0.1) is 6.10 Å². The molecule has 0 radical (unpaired) electrons. The van der Waals surface area contributed by atoms with E-state index in [1.165, 1.54) is 5.57 Å². The number of benzene rings is 1. The first-order chi connectivity index (χ1) is 11.0. The largest absolute Gasteiger partial charge is 0.441 e. The summed E-state index contributed by atoms with van der Waals surface area (Å²) in [5, 5.41) is 10.5. The fraction of sp³-hybridized carbons (Fsp3) is 0.450. The Balaban J connectivity index is 1.94. The molecule has 0 saturated carbocycles. The van der Waals surface area contributed by atoms with Crippen LogP contribution in [-0.2, 0) is 4.74 Å². The Hall–Kier alpha value is -1.87. The molecule has 1 heterocycles.